The fraction of sp³-hybridized carbons (Fsp3) is 1.00. The minimum Gasteiger partial charge on any atom is -0.377 e. The predicted octanol–water partition coefficient (Wildman–Crippen LogP) is 2.46. The molecule has 4 aliphatic carbocycles. The van der Waals surface area contributed by atoms with Crippen LogP contribution >= 0.6 is 0 Å². The Bertz CT molecular complexity index is 384. The summed E-state index contributed by atoms with van der Waals surface area (Å²) in [4.78, 5) is 0. The highest BCUT2D eigenvalue weighted by Gasteiger charge is 2.53. The Morgan fingerprint density at radius 2 is 1.76 bits per heavy atom. The van der Waals surface area contributed by atoms with Crippen molar-refractivity contribution in [2.75, 3.05) is 18.1 Å². The lowest BCUT2D eigenvalue weighted by molar-refractivity contribution is -0.0631. The summed E-state index contributed by atoms with van der Waals surface area (Å²) >= 11 is 0. The van der Waals surface area contributed by atoms with Crippen LogP contribution in [0, 0.1) is 23.2 Å². The summed E-state index contributed by atoms with van der Waals surface area (Å²) in [5.41, 5.74) is 6.95. The van der Waals surface area contributed by atoms with E-state index in [1.165, 1.54) is 38.5 Å². The van der Waals surface area contributed by atoms with E-state index in [-0.39, 0.29) is 12.1 Å². The van der Waals surface area contributed by atoms with Crippen LogP contribution in [0.15, 0.2) is 0 Å². The van der Waals surface area contributed by atoms with E-state index < -0.39 is 10.8 Å². The van der Waals surface area contributed by atoms with Crippen LogP contribution in [-0.2, 0) is 15.5 Å². The van der Waals surface area contributed by atoms with E-state index in [0.29, 0.717) is 16.9 Å². The number of ether oxygens (including phenoxy) is 1. The Labute approximate surface area is 130 Å². The molecule has 21 heavy (non-hydrogen) atoms. The van der Waals surface area contributed by atoms with Gasteiger partial charge in [0.1, 0.15) is 0 Å². The van der Waals surface area contributed by atoms with Gasteiger partial charge in [-0.15, -0.1) is 0 Å². The zero-order chi connectivity index (χ0) is 14.4. The van der Waals surface area contributed by atoms with E-state index in [0.717, 1.165) is 37.2 Å². The summed E-state index contributed by atoms with van der Waals surface area (Å²) in [6, 6.07) is 0.146. The number of rotatable bonds is 5. The van der Waals surface area contributed by atoms with Gasteiger partial charge in [0.15, 0.2) is 0 Å². The number of hydrogen-bond acceptors (Lipinski definition) is 3. The third kappa shape index (κ3) is 2.84. The van der Waals surface area contributed by atoms with Crippen LogP contribution in [0.4, 0.5) is 0 Å². The quantitative estimate of drug-likeness (QED) is 0.848. The molecular formula is C17H29NO2S. The molecule has 4 saturated carbocycles. The van der Waals surface area contributed by atoms with Crippen LogP contribution in [0.3, 0.4) is 0 Å². The molecule has 4 bridgehead atoms. The molecule has 0 amide bonds. The number of hydrogen-bond donors (Lipinski definition) is 1. The normalized spacial score (nSPS) is 47.7. The molecular weight excluding hydrogens is 282 g/mol. The molecule has 5 rings (SSSR count). The van der Waals surface area contributed by atoms with Gasteiger partial charge in [0.2, 0.25) is 0 Å². The van der Waals surface area contributed by atoms with E-state index in [1.807, 2.05) is 0 Å². The maximum Gasteiger partial charge on any atom is 0.0691 e. The molecule has 1 heterocycles. The van der Waals surface area contributed by atoms with Gasteiger partial charge in [-0.2, -0.15) is 0 Å². The van der Waals surface area contributed by atoms with Gasteiger partial charge >= 0.3 is 0 Å². The van der Waals surface area contributed by atoms with E-state index in [9.17, 15) is 4.21 Å². The SMILES string of the molecule is NC(CS(=O)CC1CCCO1)C12CC3CC(CC(C3)C1)C2. The summed E-state index contributed by atoms with van der Waals surface area (Å²) in [5.74, 6) is 4.18. The lowest BCUT2D eigenvalue weighted by Crippen LogP contribution is -2.56. The molecule has 5 fully saturated rings. The fourth-order valence-electron chi connectivity index (χ4n) is 6.06. The van der Waals surface area contributed by atoms with Gasteiger partial charge in [-0.3, -0.25) is 4.21 Å². The van der Waals surface area contributed by atoms with Crippen LogP contribution < -0.4 is 5.73 Å². The average Bonchev–Trinajstić information content (AvgIpc) is 2.89. The number of nitrogens with two attached hydrogens (primary N) is 1. The third-order valence-corrected chi connectivity index (χ3v) is 8.11. The Morgan fingerprint density at radius 3 is 2.29 bits per heavy atom. The van der Waals surface area contributed by atoms with Gasteiger partial charge in [-0.05, 0) is 74.5 Å². The Hall–Kier alpha value is 0.0700. The zero-order valence-electron chi connectivity index (χ0n) is 13.0. The molecule has 3 unspecified atom stereocenters. The van der Waals surface area contributed by atoms with Crippen molar-refractivity contribution in [3.05, 3.63) is 0 Å². The first-order valence-electron chi connectivity index (χ1n) is 8.85. The molecule has 0 aromatic rings. The van der Waals surface area contributed by atoms with Gasteiger partial charge in [-0.1, -0.05) is 0 Å². The van der Waals surface area contributed by atoms with E-state index in [1.54, 1.807) is 0 Å². The van der Waals surface area contributed by atoms with Crippen LogP contribution in [0.2, 0.25) is 0 Å². The molecule has 1 saturated heterocycles. The van der Waals surface area contributed by atoms with Crippen LogP contribution in [0.25, 0.3) is 0 Å². The second kappa shape index (κ2) is 5.61. The van der Waals surface area contributed by atoms with E-state index >= 15 is 0 Å². The minimum atomic E-state index is -0.803. The molecule has 0 radical (unpaired) electrons. The third-order valence-electron chi connectivity index (χ3n) is 6.63. The molecule has 3 nitrogen and oxygen atoms in total. The van der Waals surface area contributed by atoms with Crippen molar-refractivity contribution in [2.45, 2.75) is 63.5 Å². The zero-order valence-corrected chi connectivity index (χ0v) is 13.8. The highest BCUT2D eigenvalue weighted by atomic mass is 32.2. The van der Waals surface area contributed by atoms with Crippen molar-refractivity contribution >= 4 is 10.8 Å². The van der Waals surface area contributed by atoms with Gasteiger partial charge in [0, 0.05) is 35.0 Å². The highest BCUT2D eigenvalue weighted by Crippen LogP contribution is 2.61. The second-order valence-corrected chi connectivity index (χ2v) is 9.84. The van der Waals surface area contributed by atoms with Crippen LogP contribution in [-0.4, -0.2) is 34.5 Å². The second-order valence-electron chi connectivity index (χ2n) is 8.29. The van der Waals surface area contributed by atoms with Gasteiger partial charge in [0.25, 0.3) is 0 Å². The Balaban J connectivity index is 1.38. The Kier molecular flexibility index (Phi) is 3.91. The van der Waals surface area contributed by atoms with Crippen LogP contribution in [0.5, 0.6) is 0 Å². The summed E-state index contributed by atoms with van der Waals surface area (Å²) < 4.78 is 18.1. The monoisotopic (exact) mass is 311 g/mol. The molecule has 0 aromatic carbocycles. The van der Waals surface area contributed by atoms with Gasteiger partial charge < -0.3 is 10.5 Å². The first kappa shape index (κ1) is 14.6. The standard InChI is InChI=1S/C17H29NO2S/c18-16(11-21(19)10-15-2-1-3-20-15)17-7-12-4-13(8-17)6-14(5-12)9-17/h12-16H,1-11,18H2. The smallest absolute Gasteiger partial charge is 0.0691 e. The summed E-state index contributed by atoms with van der Waals surface area (Å²) in [5, 5.41) is 0. The predicted molar refractivity (Wildman–Crippen MR) is 85.4 cm³/mol. The highest BCUT2D eigenvalue weighted by molar-refractivity contribution is 7.85. The van der Waals surface area contributed by atoms with Crippen molar-refractivity contribution < 1.29 is 8.95 Å². The summed E-state index contributed by atoms with van der Waals surface area (Å²) in [6.07, 6.45) is 10.7. The minimum absolute atomic E-state index is 0.146. The van der Waals surface area contributed by atoms with Crippen molar-refractivity contribution in [3.63, 3.8) is 0 Å². The summed E-state index contributed by atoms with van der Waals surface area (Å²) in [7, 11) is -0.803. The molecule has 120 valence electrons. The average molecular weight is 311 g/mol. The first-order valence-corrected chi connectivity index (χ1v) is 10.3. The molecule has 0 aromatic heterocycles. The Morgan fingerprint density at radius 1 is 1.14 bits per heavy atom. The maximum atomic E-state index is 12.5. The first-order chi connectivity index (χ1) is 10.1. The molecule has 1 aliphatic heterocycles. The molecule has 2 N–H and O–H groups in total. The maximum absolute atomic E-state index is 12.5. The molecule has 3 atom stereocenters. The molecule has 0 spiro atoms. The molecule has 4 heteroatoms. The van der Waals surface area contributed by atoms with E-state index in [4.69, 9.17) is 10.5 Å². The topological polar surface area (TPSA) is 52.3 Å². The fourth-order valence-corrected chi connectivity index (χ4v) is 7.63. The van der Waals surface area contributed by atoms with Gasteiger partial charge in [0.05, 0.1) is 6.10 Å². The summed E-state index contributed by atoms with van der Waals surface area (Å²) in [6.45, 7) is 0.850. The van der Waals surface area contributed by atoms with Gasteiger partial charge in [-0.25, -0.2) is 0 Å². The lowest BCUT2D eigenvalue weighted by Gasteiger charge is -2.59. The van der Waals surface area contributed by atoms with E-state index in [2.05, 4.69) is 0 Å². The van der Waals surface area contributed by atoms with Crippen molar-refractivity contribution in [1.29, 1.82) is 0 Å². The van der Waals surface area contributed by atoms with Crippen LogP contribution in [0.1, 0.15) is 51.4 Å². The van der Waals surface area contributed by atoms with Crippen molar-refractivity contribution in [3.8, 4) is 0 Å². The molecule has 5 aliphatic rings. The lowest BCUT2D eigenvalue weighted by atomic mass is 9.48. The van der Waals surface area contributed by atoms with Crippen molar-refractivity contribution in [1.82, 2.24) is 0 Å². The van der Waals surface area contributed by atoms with Crippen molar-refractivity contribution in [2.24, 2.45) is 28.9 Å². The largest absolute Gasteiger partial charge is 0.377 e.